The first-order valence-electron chi connectivity index (χ1n) is 12.1. The van der Waals surface area contributed by atoms with Crippen LogP contribution in [0.3, 0.4) is 0 Å². The topological polar surface area (TPSA) is 74.9 Å². The third kappa shape index (κ3) is 2.98. The highest BCUT2D eigenvalue weighted by atomic mass is 16.5. The smallest absolute Gasteiger partial charge is 0.332 e. The maximum atomic E-state index is 14.1. The summed E-state index contributed by atoms with van der Waals surface area (Å²) in [4.78, 5) is 34.4. The third-order valence-electron chi connectivity index (χ3n) is 7.45. The minimum Gasteiger partial charge on any atom is -0.496 e. The number of carbonyl (C=O) groups is 2. The highest BCUT2D eigenvalue weighted by Crippen LogP contribution is 2.51. The number of imide groups is 1. The molecule has 7 heteroatoms. The van der Waals surface area contributed by atoms with Crippen LogP contribution in [0.5, 0.6) is 11.5 Å². The van der Waals surface area contributed by atoms with Crippen LogP contribution in [0.2, 0.25) is 0 Å². The van der Waals surface area contributed by atoms with Gasteiger partial charge in [0.05, 0.1) is 25.1 Å². The van der Waals surface area contributed by atoms with Gasteiger partial charge in [0.25, 0.3) is 5.91 Å². The Balaban J connectivity index is 1.54. The van der Waals surface area contributed by atoms with E-state index in [0.717, 1.165) is 33.5 Å². The van der Waals surface area contributed by atoms with Crippen LogP contribution < -0.4 is 14.4 Å². The number of ether oxygens (including phenoxy) is 2. The molecule has 2 atom stereocenters. The van der Waals surface area contributed by atoms with Gasteiger partial charge in [-0.25, -0.2) is 9.69 Å². The molecule has 1 saturated heterocycles. The highest BCUT2D eigenvalue weighted by Gasteiger charge is 2.60. The van der Waals surface area contributed by atoms with Crippen molar-refractivity contribution in [3.05, 3.63) is 89.6 Å². The summed E-state index contributed by atoms with van der Waals surface area (Å²) < 4.78 is 11.2. The van der Waals surface area contributed by atoms with Crippen molar-refractivity contribution in [2.24, 2.45) is 0 Å². The molecular weight excluding hydrogens is 454 g/mol. The first-order chi connectivity index (χ1) is 17.5. The predicted octanol–water partition coefficient (Wildman–Crippen LogP) is 5.40. The molecule has 0 unspecified atom stereocenters. The summed E-state index contributed by atoms with van der Waals surface area (Å²) in [5, 5.41) is 1.05. The molecule has 1 N–H and O–H groups in total. The monoisotopic (exact) mass is 481 g/mol. The van der Waals surface area contributed by atoms with Gasteiger partial charge < -0.3 is 19.4 Å². The minimum atomic E-state index is -1.16. The maximum Gasteiger partial charge on any atom is 0.332 e. The molecule has 0 radical (unpaired) electrons. The van der Waals surface area contributed by atoms with Crippen molar-refractivity contribution in [2.75, 3.05) is 25.2 Å². The zero-order valence-corrected chi connectivity index (χ0v) is 20.4. The van der Waals surface area contributed by atoms with E-state index in [1.165, 1.54) is 4.90 Å². The van der Waals surface area contributed by atoms with Gasteiger partial charge in [0.1, 0.15) is 11.5 Å². The second-order valence-corrected chi connectivity index (χ2v) is 9.29. The van der Waals surface area contributed by atoms with E-state index in [1.807, 2.05) is 56.3 Å². The standard InChI is InChI=1S/C29H27N3O4/c1-4-36-19-15-13-18(14-16-19)32-27(33)29(2)26-25(21-10-5-7-11-23(21)30-26)22(17-31(29)28(32)34)20-9-6-8-12-24(20)35-3/h5-16,22,30H,4,17H2,1-3H3/t22-,29-/m0/s1. The first kappa shape index (κ1) is 22.2. The second-order valence-electron chi connectivity index (χ2n) is 9.29. The SMILES string of the molecule is CCOc1ccc(N2C(=O)N3C[C@@H](c4ccccc4OC)c4c([nH]c5ccccc45)[C@@]3(C)C2=O)cc1. The number of methoxy groups -OCH3 is 1. The number of hydrogen-bond donors (Lipinski definition) is 1. The van der Waals surface area contributed by atoms with E-state index >= 15 is 0 Å². The number of benzene rings is 3. The van der Waals surface area contributed by atoms with Crippen LogP contribution in [-0.4, -0.2) is 42.1 Å². The molecule has 4 aromatic rings. The van der Waals surface area contributed by atoms with Gasteiger partial charge in [-0.1, -0.05) is 36.4 Å². The molecule has 2 aliphatic rings. The number of para-hydroxylation sites is 2. The van der Waals surface area contributed by atoms with Crippen molar-refractivity contribution in [1.82, 2.24) is 9.88 Å². The van der Waals surface area contributed by atoms with E-state index < -0.39 is 5.54 Å². The zero-order chi connectivity index (χ0) is 25.0. The molecule has 0 aliphatic carbocycles. The number of fused-ring (bicyclic) bond motifs is 5. The number of carbonyl (C=O) groups excluding carboxylic acids is 2. The third-order valence-corrected chi connectivity index (χ3v) is 7.45. The fraction of sp³-hybridized carbons (Fsp3) is 0.241. The molecule has 182 valence electrons. The van der Waals surface area contributed by atoms with Gasteiger partial charge in [0.15, 0.2) is 5.54 Å². The lowest BCUT2D eigenvalue weighted by atomic mass is 9.78. The average Bonchev–Trinajstić information content (AvgIpc) is 3.39. The second kappa shape index (κ2) is 8.16. The lowest BCUT2D eigenvalue weighted by Gasteiger charge is -2.40. The van der Waals surface area contributed by atoms with Gasteiger partial charge in [-0.05, 0) is 55.8 Å². The molecule has 3 heterocycles. The van der Waals surface area contributed by atoms with Crippen molar-refractivity contribution < 1.29 is 19.1 Å². The van der Waals surface area contributed by atoms with Crippen molar-refractivity contribution in [1.29, 1.82) is 0 Å². The molecule has 0 saturated carbocycles. The van der Waals surface area contributed by atoms with E-state index in [-0.39, 0.29) is 17.9 Å². The van der Waals surface area contributed by atoms with Crippen molar-refractivity contribution in [3.63, 3.8) is 0 Å². The van der Waals surface area contributed by atoms with Crippen LogP contribution in [0.25, 0.3) is 10.9 Å². The van der Waals surface area contributed by atoms with Crippen LogP contribution in [-0.2, 0) is 10.3 Å². The molecule has 3 amide bonds. The quantitative estimate of drug-likeness (QED) is 0.387. The van der Waals surface area contributed by atoms with Crippen molar-refractivity contribution in [2.45, 2.75) is 25.3 Å². The number of aromatic amines is 1. The van der Waals surface area contributed by atoms with E-state index in [4.69, 9.17) is 9.47 Å². The Labute approximate surface area is 209 Å². The van der Waals surface area contributed by atoms with Gasteiger partial charge >= 0.3 is 6.03 Å². The number of urea groups is 1. The van der Waals surface area contributed by atoms with E-state index in [1.54, 1.807) is 36.3 Å². The van der Waals surface area contributed by atoms with Crippen LogP contribution in [0.15, 0.2) is 72.8 Å². The number of hydrogen-bond acceptors (Lipinski definition) is 4. The Morgan fingerprint density at radius 3 is 2.47 bits per heavy atom. The molecule has 6 rings (SSSR count). The molecule has 0 bridgehead atoms. The largest absolute Gasteiger partial charge is 0.496 e. The van der Waals surface area contributed by atoms with Crippen LogP contribution in [0.1, 0.15) is 36.6 Å². The highest BCUT2D eigenvalue weighted by molar-refractivity contribution is 6.23. The molecular formula is C29H27N3O4. The summed E-state index contributed by atoms with van der Waals surface area (Å²) in [6.07, 6.45) is 0. The lowest BCUT2D eigenvalue weighted by molar-refractivity contribution is -0.125. The summed E-state index contributed by atoms with van der Waals surface area (Å²) in [5.41, 5.74) is 3.05. The van der Waals surface area contributed by atoms with Crippen LogP contribution in [0.4, 0.5) is 10.5 Å². The van der Waals surface area contributed by atoms with E-state index in [2.05, 4.69) is 11.1 Å². The Morgan fingerprint density at radius 1 is 1.00 bits per heavy atom. The van der Waals surface area contributed by atoms with Gasteiger partial charge in [-0.15, -0.1) is 0 Å². The molecule has 36 heavy (non-hydrogen) atoms. The van der Waals surface area contributed by atoms with Crippen molar-refractivity contribution >= 4 is 28.5 Å². The summed E-state index contributed by atoms with van der Waals surface area (Å²) in [5.74, 6) is 1.00. The fourth-order valence-electron chi connectivity index (χ4n) is 5.71. The Bertz CT molecular complexity index is 1490. The molecule has 1 fully saturated rings. The first-order valence-corrected chi connectivity index (χ1v) is 12.1. The summed E-state index contributed by atoms with van der Waals surface area (Å²) in [6, 6.07) is 22.7. The average molecular weight is 482 g/mol. The normalized spacial score (nSPS) is 21.0. The van der Waals surface area contributed by atoms with Gasteiger partial charge in [-0.3, -0.25) is 4.79 Å². The van der Waals surface area contributed by atoms with E-state index in [0.29, 0.717) is 24.6 Å². The number of H-pyrrole nitrogens is 1. The molecule has 1 aromatic heterocycles. The van der Waals surface area contributed by atoms with Gasteiger partial charge in [0.2, 0.25) is 0 Å². The van der Waals surface area contributed by atoms with Crippen molar-refractivity contribution in [3.8, 4) is 11.5 Å². The van der Waals surface area contributed by atoms with Crippen LogP contribution >= 0.6 is 0 Å². The number of anilines is 1. The number of nitrogens with zero attached hydrogens (tertiary/aromatic N) is 2. The zero-order valence-electron chi connectivity index (χ0n) is 20.4. The fourth-order valence-corrected chi connectivity index (χ4v) is 5.71. The Hall–Kier alpha value is -4.26. The molecule has 7 nitrogen and oxygen atoms in total. The number of aromatic nitrogens is 1. The summed E-state index contributed by atoms with van der Waals surface area (Å²) in [6.45, 7) is 4.65. The van der Waals surface area contributed by atoms with Crippen LogP contribution in [0, 0.1) is 0 Å². The minimum absolute atomic E-state index is 0.169. The number of rotatable bonds is 5. The Kier molecular flexibility index (Phi) is 5.03. The molecule has 2 aliphatic heterocycles. The molecule has 3 aromatic carbocycles. The number of nitrogens with one attached hydrogen (secondary N) is 1. The summed E-state index contributed by atoms with van der Waals surface area (Å²) in [7, 11) is 1.65. The van der Waals surface area contributed by atoms with E-state index in [9.17, 15) is 9.59 Å². The summed E-state index contributed by atoms with van der Waals surface area (Å²) >= 11 is 0. The number of amides is 3. The maximum absolute atomic E-state index is 14.1. The molecule has 0 spiro atoms. The Morgan fingerprint density at radius 2 is 1.72 bits per heavy atom. The van der Waals surface area contributed by atoms with Gasteiger partial charge in [0, 0.05) is 28.9 Å². The predicted molar refractivity (Wildman–Crippen MR) is 138 cm³/mol. The lowest BCUT2D eigenvalue weighted by Crippen LogP contribution is -2.50. The van der Waals surface area contributed by atoms with Gasteiger partial charge in [-0.2, -0.15) is 0 Å².